The van der Waals surface area contributed by atoms with Crippen molar-refractivity contribution < 1.29 is 4.74 Å². The standard InChI is InChI=1S/C21H31N7O.HI/c1-22-20(27-10-12-28(13-11-27)21-23-8-5-9-24-21)25-17-18-6-4-7-19(16-18)29-15-14-26(2)3;/h4-9,16H,10-15,17H2,1-3H3,(H,22,25);1H. The van der Waals surface area contributed by atoms with E-state index in [9.17, 15) is 0 Å². The van der Waals surface area contributed by atoms with Crippen LogP contribution in [0, 0.1) is 0 Å². The number of anilines is 1. The summed E-state index contributed by atoms with van der Waals surface area (Å²) in [6.45, 7) is 5.80. The second-order valence-corrected chi connectivity index (χ2v) is 7.22. The molecule has 0 bridgehead atoms. The van der Waals surface area contributed by atoms with Crippen molar-refractivity contribution >= 4 is 35.9 Å². The van der Waals surface area contributed by atoms with Gasteiger partial charge in [-0.2, -0.15) is 0 Å². The van der Waals surface area contributed by atoms with Crippen LogP contribution in [0.5, 0.6) is 5.75 Å². The first-order valence-corrected chi connectivity index (χ1v) is 10.00. The monoisotopic (exact) mass is 525 g/mol. The number of hydrogen-bond donors (Lipinski definition) is 1. The van der Waals surface area contributed by atoms with Crippen LogP contribution < -0.4 is 15.0 Å². The average molecular weight is 525 g/mol. The Kier molecular flexibility index (Phi) is 10.1. The Morgan fingerprint density at radius 3 is 2.53 bits per heavy atom. The van der Waals surface area contributed by atoms with Gasteiger partial charge in [-0.1, -0.05) is 12.1 Å². The lowest BCUT2D eigenvalue weighted by Gasteiger charge is -2.36. The quantitative estimate of drug-likeness (QED) is 0.337. The number of guanidine groups is 1. The average Bonchev–Trinajstić information content (AvgIpc) is 2.75. The molecule has 3 rings (SSSR count). The van der Waals surface area contributed by atoms with Crippen LogP contribution in [-0.2, 0) is 6.54 Å². The Bertz CT molecular complexity index is 780. The molecule has 1 aromatic carbocycles. The predicted octanol–water partition coefficient (Wildman–Crippen LogP) is 1.93. The SMILES string of the molecule is CN=C(NCc1cccc(OCCN(C)C)c1)N1CCN(c2ncccn2)CC1.I. The molecule has 1 aliphatic rings. The van der Waals surface area contributed by atoms with Crippen molar-refractivity contribution in [1.82, 2.24) is 25.1 Å². The predicted molar refractivity (Wildman–Crippen MR) is 132 cm³/mol. The van der Waals surface area contributed by atoms with E-state index in [-0.39, 0.29) is 24.0 Å². The molecule has 2 aromatic rings. The minimum absolute atomic E-state index is 0. The van der Waals surface area contributed by atoms with Crippen molar-refractivity contribution in [3.8, 4) is 5.75 Å². The van der Waals surface area contributed by atoms with Gasteiger partial charge >= 0.3 is 0 Å². The molecule has 0 saturated carbocycles. The van der Waals surface area contributed by atoms with Gasteiger partial charge in [0.1, 0.15) is 12.4 Å². The Labute approximate surface area is 196 Å². The number of ether oxygens (including phenoxy) is 1. The van der Waals surface area contributed by atoms with Gasteiger partial charge in [0.15, 0.2) is 5.96 Å². The summed E-state index contributed by atoms with van der Waals surface area (Å²) in [5.74, 6) is 2.61. The maximum absolute atomic E-state index is 5.83. The zero-order valence-corrected chi connectivity index (χ0v) is 20.3. The first-order chi connectivity index (χ1) is 14.2. The van der Waals surface area contributed by atoms with E-state index >= 15 is 0 Å². The molecule has 0 radical (unpaired) electrons. The third-order valence-corrected chi connectivity index (χ3v) is 4.78. The first kappa shape index (κ1) is 24.1. The molecule has 2 heterocycles. The minimum atomic E-state index is 0. The van der Waals surface area contributed by atoms with E-state index in [4.69, 9.17) is 4.74 Å². The van der Waals surface area contributed by atoms with Crippen LogP contribution in [0.3, 0.4) is 0 Å². The molecule has 0 unspecified atom stereocenters. The third-order valence-electron chi connectivity index (χ3n) is 4.78. The number of nitrogens with one attached hydrogen (secondary N) is 1. The molecule has 8 nitrogen and oxygen atoms in total. The number of likely N-dealkylation sites (N-methyl/N-ethyl adjacent to an activating group) is 1. The number of hydrogen-bond acceptors (Lipinski definition) is 6. The lowest BCUT2D eigenvalue weighted by Crippen LogP contribution is -2.52. The van der Waals surface area contributed by atoms with Gasteiger partial charge in [-0.15, -0.1) is 24.0 Å². The van der Waals surface area contributed by atoms with E-state index in [2.05, 4.69) is 47.1 Å². The van der Waals surface area contributed by atoms with Crippen LogP contribution in [0.15, 0.2) is 47.7 Å². The van der Waals surface area contributed by atoms with Crippen LogP contribution >= 0.6 is 24.0 Å². The number of aromatic nitrogens is 2. The number of nitrogens with zero attached hydrogens (tertiary/aromatic N) is 6. The number of piperazine rings is 1. The Balaban J connectivity index is 0.00000320. The van der Waals surface area contributed by atoms with Crippen LogP contribution in [0.4, 0.5) is 5.95 Å². The van der Waals surface area contributed by atoms with Crippen LogP contribution in [0.1, 0.15) is 5.56 Å². The van der Waals surface area contributed by atoms with E-state index in [0.29, 0.717) is 13.2 Å². The van der Waals surface area contributed by atoms with Gasteiger partial charge in [-0.25, -0.2) is 9.97 Å². The molecular formula is C21H32IN7O. The smallest absolute Gasteiger partial charge is 0.225 e. The van der Waals surface area contributed by atoms with E-state index in [1.165, 1.54) is 5.56 Å². The Morgan fingerprint density at radius 2 is 1.87 bits per heavy atom. The summed E-state index contributed by atoms with van der Waals surface area (Å²) in [5, 5.41) is 3.47. The maximum atomic E-state index is 5.83. The van der Waals surface area contributed by atoms with Crippen molar-refractivity contribution in [3.63, 3.8) is 0 Å². The Hall–Kier alpha value is -2.14. The summed E-state index contributed by atoms with van der Waals surface area (Å²) in [5.41, 5.74) is 1.17. The highest BCUT2D eigenvalue weighted by Gasteiger charge is 2.20. The topological polar surface area (TPSA) is 69.1 Å². The van der Waals surface area contributed by atoms with Gasteiger partial charge in [-0.05, 0) is 37.9 Å². The van der Waals surface area contributed by atoms with Gasteiger partial charge in [0.2, 0.25) is 5.95 Å². The van der Waals surface area contributed by atoms with Gasteiger partial charge < -0.3 is 24.8 Å². The summed E-state index contributed by atoms with van der Waals surface area (Å²) in [6.07, 6.45) is 3.57. The van der Waals surface area contributed by atoms with Crippen molar-refractivity contribution in [1.29, 1.82) is 0 Å². The second kappa shape index (κ2) is 12.5. The molecule has 0 amide bonds. The summed E-state index contributed by atoms with van der Waals surface area (Å²) in [4.78, 5) is 19.7. The number of rotatable bonds is 7. The summed E-state index contributed by atoms with van der Waals surface area (Å²) in [7, 11) is 5.92. The number of halogens is 1. The molecule has 9 heteroatoms. The highest BCUT2D eigenvalue weighted by molar-refractivity contribution is 14.0. The lowest BCUT2D eigenvalue weighted by atomic mass is 10.2. The molecule has 0 aliphatic carbocycles. The largest absolute Gasteiger partial charge is 0.492 e. The summed E-state index contributed by atoms with van der Waals surface area (Å²) in [6, 6.07) is 10.1. The van der Waals surface area contributed by atoms with Gasteiger partial charge in [0.25, 0.3) is 0 Å². The molecule has 1 fully saturated rings. The normalized spacial score (nSPS) is 14.5. The van der Waals surface area contributed by atoms with E-state index < -0.39 is 0 Å². The number of benzene rings is 1. The molecule has 1 saturated heterocycles. The number of aliphatic imine (C=N–C) groups is 1. The maximum Gasteiger partial charge on any atom is 0.225 e. The van der Waals surface area contributed by atoms with Gasteiger partial charge in [-0.3, -0.25) is 4.99 Å². The summed E-state index contributed by atoms with van der Waals surface area (Å²) >= 11 is 0. The third kappa shape index (κ3) is 7.28. The van der Waals surface area contributed by atoms with Gasteiger partial charge in [0.05, 0.1) is 0 Å². The lowest BCUT2D eigenvalue weighted by molar-refractivity contribution is 0.261. The van der Waals surface area contributed by atoms with Crippen LogP contribution in [0.2, 0.25) is 0 Å². The molecule has 0 atom stereocenters. The molecule has 1 N–H and O–H groups in total. The van der Waals surface area contributed by atoms with Crippen molar-refractivity contribution in [3.05, 3.63) is 48.3 Å². The highest BCUT2D eigenvalue weighted by atomic mass is 127. The van der Waals surface area contributed by atoms with Crippen LogP contribution in [0.25, 0.3) is 0 Å². The van der Waals surface area contributed by atoms with Crippen molar-refractivity contribution in [2.75, 3.05) is 65.4 Å². The fourth-order valence-electron chi connectivity index (χ4n) is 3.18. The van der Waals surface area contributed by atoms with Crippen molar-refractivity contribution in [2.24, 2.45) is 4.99 Å². The molecular weight excluding hydrogens is 493 g/mol. The fraction of sp³-hybridized carbons (Fsp3) is 0.476. The molecule has 1 aliphatic heterocycles. The van der Waals surface area contributed by atoms with Crippen LogP contribution in [-0.4, -0.2) is 86.2 Å². The second-order valence-electron chi connectivity index (χ2n) is 7.22. The zero-order valence-electron chi connectivity index (χ0n) is 18.0. The fourth-order valence-corrected chi connectivity index (χ4v) is 3.18. The molecule has 30 heavy (non-hydrogen) atoms. The molecule has 1 aromatic heterocycles. The molecule has 0 spiro atoms. The molecule has 164 valence electrons. The van der Waals surface area contributed by atoms with Gasteiger partial charge in [0, 0.05) is 58.7 Å². The minimum Gasteiger partial charge on any atom is -0.492 e. The van der Waals surface area contributed by atoms with E-state index in [0.717, 1.165) is 50.4 Å². The van der Waals surface area contributed by atoms with E-state index in [1.807, 2.05) is 39.3 Å². The zero-order chi connectivity index (χ0) is 20.5. The Morgan fingerprint density at radius 1 is 1.13 bits per heavy atom. The highest BCUT2D eigenvalue weighted by Crippen LogP contribution is 2.14. The van der Waals surface area contributed by atoms with Crippen molar-refractivity contribution in [2.45, 2.75) is 6.54 Å². The first-order valence-electron chi connectivity index (χ1n) is 10.00. The summed E-state index contributed by atoms with van der Waals surface area (Å²) < 4.78 is 5.83. The van der Waals surface area contributed by atoms with E-state index in [1.54, 1.807) is 12.4 Å².